The van der Waals surface area contributed by atoms with Crippen molar-refractivity contribution in [2.24, 2.45) is 0 Å². The molecule has 6 nitrogen and oxygen atoms in total. The number of methoxy groups -OCH3 is 3. The number of hydrogen-bond acceptors (Lipinski definition) is 6. The van der Waals surface area contributed by atoms with Crippen LogP contribution in [0.5, 0.6) is 17.2 Å². The topological polar surface area (TPSA) is 60.9 Å². The van der Waals surface area contributed by atoms with Gasteiger partial charge in [-0.1, -0.05) is 0 Å². The lowest BCUT2D eigenvalue weighted by molar-refractivity contribution is 0.0779. The molecule has 0 aliphatic rings. The molecule has 1 aromatic heterocycles. The van der Waals surface area contributed by atoms with Crippen LogP contribution in [0.15, 0.2) is 35.5 Å². The van der Waals surface area contributed by atoms with E-state index in [4.69, 9.17) is 14.2 Å². The fourth-order valence-electron chi connectivity index (χ4n) is 2.55. The average Bonchev–Trinajstić information content (AvgIpc) is 2.66. The van der Waals surface area contributed by atoms with Gasteiger partial charge >= 0.3 is 0 Å². The zero-order valence-corrected chi connectivity index (χ0v) is 16.2. The Morgan fingerprint density at radius 3 is 2.44 bits per heavy atom. The van der Waals surface area contributed by atoms with Gasteiger partial charge in [0.2, 0.25) is 5.75 Å². The van der Waals surface area contributed by atoms with E-state index < -0.39 is 11.7 Å². The highest BCUT2D eigenvalue weighted by molar-refractivity contribution is 7.99. The Hall–Kier alpha value is -2.55. The minimum Gasteiger partial charge on any atom is -0.493 e. The number of carbonyl (C=O) groups is 1. The molecule has 0 saturated carbocycles. The quantitative estimate of drug-likeness (QED) is 0.632. The molecular weight excluding hydrogens is 378 g/mol. The highest BCUT2D eigenvalue weighted by Gasteiger charge is 2.22. The molecule has 2 aromatic rings. The minimum atomic E-state index is -2.66. The molecule has 1 aromatic carbocycles. The molecule has 0 aliphatic carbocycles. The van der Waals surface area contributed by atoms with Crippen molar-refractivity contribution in [2.45, 2.75) is 17.3 Å². The van der Waals surface area contributed by atoms with E-state index in [2.05, 4.69) is 4.98 Å². The SMILES string of the molecule is COc1ccc(CN(C)C(=O)c2cccnc2SC(F)F)c(OC)c1OC. The Kier molecular flexibility index (Phi) is 7.23. The van der Waals surface area contributed by atoms with E-state index in [9.17, 15) is 13.6 Å². The molecule has 0 atom stereocenters. The molecule has 0 spiro atoms. The van der Waals surface area contributed by atoms with E-state index in [1.165, 1.54) is 44.6 Å². The van der Waals surface area contributed by atoms with E-state index in [1.54, 1.807) is 19.2 Å². The van der Waals surface area contributed by atoms with Crippen LogP contribution in [0.4, 0.5) is 8.78 Å². The third kappa shape index (κ3) is 4.79. The summed E-state index contributed by atoms with van der Waals surface area (Å²) in [4.78, 5) is 18.0. The van der Waals surface area contributed by atoms with Crippen molar-refractivity contribution in [2.75, 3.05) is 28.4 Å². The molecule has 0 radical (unpaired) electrons. The van der Waals surface area contributed by atoms with Crippen LogP contribution in [0, 0.1) is 0 Å². The molecule has 27 heavy (non-hydrogen) atoms. The van der Waals surface area contributed by atoms with Crippen molar-refractivity contribution in [1.29, 1.82) is 0 Å². The van der Waals surface area contributed by atoms with Crippen LogP contribution >= 0.6 is 11.8 Å². The van der Waals surface area contributed by atoms with Crippen LogP contribution in [0.1, 0.15) is 15.9 Å². The lowest BCUT2D eigenvalue weighted by Gasteiger charge is -2.21. The number of hydrogen-bond donors (Lipinski definition) is 0. The number of nitrogens with zero attached hydrogens (tertiary/aromatic N) is 2. The molecule has 0 saturated heterocycles. The Balaban J connectivity index is 2.30. The summed E-state index contributed by atoms with van der Waals surface area (Å²) in [6.07, 6.45) is 1.37. The number of benzene rings is 1. The molecule has 146 valence electrons. The summed E-state index contributed by atoms with van der Waals surface area (Å²) < 4.78 is 41.4. The number of alkyl halides is 2. The molecule has 2 rings (SSSR count). The predicted octanol–water partition coefficient (Wildman–Crippen LogP) is 3.69. The zero-order valence-electron chi connectivity index (χ0n) is 15.4. The van der Waals surface area contributed by atoms with E-state index in [1.807, 2.05) is 0 Å². The highest BCUT2D eigenvalue weighted by Crippen LogP contribution is 2.40. The molecule has 0 unspecified atom stereocenters. The number of halogens is 2. The maximum atomic E-state index is 12.8. The van der Waals surface area contributed by atoms with Crippen LogP contribution in [-0.2, 0) is 6.54 Å². The smallest absolute Gasteiger partial charge is 0.290 e. The number of carbonyl (C=O) groups excluding carboxylic acids is 1. The van der Waals surface area contributed by atoms with Crippen molar-refractivity contribution in [3.8, 4) is 17.2 Å². The van der Waals surface area contributed by atoms with Gasteiger partial charge in [-0.2, -0.15) is 8.78 Å². The average molecular weight is 398 g/mol. The normalized spacial score (nSPS) is 10.6. The summed E-state index contributed by atoms with van der Waals surface area (Å²) in [5.74, 6) is -1.75. The monoisotopic (exact) mass is 398 g/mol. The summed E-state index contributed by atoms with van der Waals surface area (Å²) >= 11 is 0.243. The summed E-state index contributed by atoms with van der Waals surface area (Å²) in [5, 5.41) is -0.0105. The number of ether oxygens (including phenoxy) is 3. The third-order valence-electron chi connectivity index (χ3n) is 3.74. The maximum absolute atomic E-state index is 12.8. The number of rotatable bonds is 8. The van der Waals surface area contributed by atoms with Gasteiger partial charge in [0.15, 0.2) is 11.5 Å². The van der Waals surface area contributed by atoms with Crippen molar-refractivity contribution >= 4 is 17.7 Å². The molecule has 1 amide bonds. The van der Waals surface area contributed by atoms with Crippen LogP contribution in [-0.4, -0.2) is 49.9 Å². The van der Waals surface area contributed by atoms with E-state index in [-0.39, 0.29) is 28.9 Å². The lowest BCUT2D eigenvalue weighted by atomic mass is 10.1. The number of pyridine rings is 1. The molecule has 0 N–H and O–H groups in total. The van der Waals surface area contributed by atoms with Gasteiger partial charge < -0.3 is 19.1 Å². The van der Waals surface area contributed by atoms with Crippen LogP contribution in [0.3, 0.4) is 0 Å². The van der Waals surface area contributed by atoms with Crippen molar-refractivity contribution in [1.82, 2.24) is 9.88 Å². The molecule has 1 heterocycles. The standard InChI is InChI=1S/C18H20F2N2O4S/c1-22(17(23)12-6-5-9-21-16(12)27-18(19)20)10-11-7-8-13(24-2)15(26-4)14(11)25-3/h5-9,18H,10H2,1-4H3. The summed E-state index contributed by atoms with van der Waals surface area (Å²) in [7, 11) is 6.06. The Labute approximate surface area is 160 Å². The molecule has 0 bridgehead atoms. The van der Waals surface area contributed by atoms with Gasteiger partial charge in [-0.05, 0) is 36.0 Å². The van der Waals surface area contributed by atoms with Crippen molar-refractivity contribution < 1.29 is 27.8 Å². The summed E-state index contributed by atoms with van der Waals surface area (Å²) in [5.41, 5.74) is 0.794. The number of thioether (sulfide) groups is 1. The van der Waals surface area contributed by atoms with Gasteiger partial charge in [0, 0.05) is 25.4 Å². The predicted molar refractivity (Wildman–Crippen MR) is 98.0 cm³/mol. The lowest BCUT2D eigenvalue weighted by Crippen LogP contribution is -2.27. The first-order valence-electron chi connectivity index (χ1n) is 7.86. The van der Waals surface area contributed by atoms with Gasteiger partial charge in [0.05, 0.1) is 26.9 Å². The second-order valence-corrected chi connectivity index (χ2v) is 6.37. The van der Waals surface area contributed by atoms with Gasteiger partial charge in [0.1, 0.15) is 5.03 Å². The van der Waals surface area contributed by atoms with Crippen molar-refractivity contribution in [3.63, 3.8) is 0 Å². The van der Waals surface area contributed by atoms with Crippen LogP contribution in [0.2, 0.25) is 0 Å². The fraction of sp³-hybridized carbons (Fsp3) is 0.333. The van der Waals surface area contributed by atoms with Crippen molar-refractivity contribution in [3.05, 3.63) is 41.6 Å². The maximum Gasteiger partial charge on any atom is 0.290 e. The first-order chi connectivity index (χ1) is 12.9. The first kappa shape index (κ1) is 20.8. The number of amides is 1. The second-order valence-electron chi connectivity index (χ2n) is 5.39. The molecular formula is C18H20F2N2O4S. The van der Waals surface area contributed by atoms with Gasteiger partial charge in [0.25, 0.3) is 11.7 Å². The van der Waals surface area contributed by atoms with Crippen LogP contribution in [0.25, 0.3) is 0 Å². The van der Waals surface area contributed by atoms with Gasteiger partial charge in [-0.15, -0.1) is 0 Å². The van der Waals surface area contributed by atoms with Gasteiger partial charge in [-0.3, -0.25) is 4.79 Å². The minimum absolute atomic E-state index is 0.0105. The Morgan fingerprint density at radius 1 is 1.15 bits per heavy atom. The number of aromatic nitrogens is 1. The molecule has 0 fully saturated rings. The van der Waals surface area contributed by atoms with Crippen LogP contribution < -0.4 is 14.2 Å². The summed E-state index contributed by atoms with van der Waals surface area (Å²) in [6.45, 7) is 0.177. The second kappa shape index (κ2) is 9.40. The Morgan fingerprint density at radius 2 is 1.85 bits per heavy atom. The first-order valence-corrected chi connectivity index (χ1v) is 8.74. The highest BCUT2D eigenvalue weighted by atomic mass is 32.2. The summed E-state index contributed by atoms with van der Waals surface area (Å²) in [6, 6.07) is 6.47. The third-order valence-corrected chi connectivity index (χ3v) is 4.47. The van der Waals surface area contributed by atoms with Gasteiger partial charge in [-0.25, -0.2) is 4.98 Å². The van der Waals surface area contributed by atoms with E-state index in [0.717, 1.165) is 0 Å². The zero-order chi connectivity index (χ0) is 20.0. The molecule has 0 aliphatic heterocycles. The fourth-order valence-corrected chi connectivity index (χ4v) is 3.13. The Bertz CT molecular complexity index is 805. The largest absolute Gasteiger partial charge is 0.493 e. The van der Waals surface area contributed by atoms with E-state index in [0.29, 0.717) is 22.8 Å². The van der Waals surface area contributed by atoms with E-state index >= 15 is 0 Å². The molecule has 9 heteroatoms.